The minimum Gasteiger partial charge on any atom is -0.361 e. The van der Waals surface area contributed by atoms with Crippen molar-refractivity contribution in [2.75, 3.05) is 0 Å². The van der Waals surface area contributed by atoms with Gasteiger partial charge in [-0.05, 0) is 19.4 Å². The first-order valence-electron chi connectivity index (χ1n) is 6.36. The smallest absolute Gasteiger partial charge is 0.153 e. The first-order chi connectivity index (χ1) is 9.65. The number of hydrogen-bond acceptors (Lipinski definition) is 4. The number of benzene rings is 1. The molecule has 0 radical (unpaired) electrons. The molecule has 1 aromatic carbocycles. The van der Waals surface area contributed by atoms with Crippen molar-refractivity contribution < 1.29 is 0 Å². The topological polar surface area (TPSA) is 84.0 Å². The molecule has 0 saturated carbocycles. The largest absolute Gasteiger partial charge is 0.361 e. The van der Waals surface area contributed by atoms with Crippen LogP contribution in [-0.4, -0.2) is 11.9 Å². The van der Waals surface area contributed by atoms with Crippen LogP contribution in [0.15, 0.2) is 46.7 Å². The fourth-order valence-electron chi connectivity index (χ4n) is 1.99. The molecule has 0 aromatic heterocycles. The predicted molar refractivity (Wildman–Crippen MR) is 76.3 cm³/mol. The Morgan fingerprint density at radius 3 is 2.30 bits per heavy atom. The summed E-state index contributed by atoms with van der Waals surface area (Å²) in [7, 11) is 0. The molecule has 1 aliphatic heterocycles. The quantitative estimate of drug-likeness (QED) is 0.856. The first-order valence-corrected chi connectivity index (χ1v) is 6.36. The third kappa shape index (κ3) is 2.78. The summed E-state index contributed by atoms with van der Waals surface area (Å²) >= 11 is 0. The third-order valence-corrected chi connectivity index (χ3v) is 2.82. The van der Waals surface area contributed by atoms with Crippen LogP contribution in [0, 0.1) is 22.7 Å². The molecule has 100 valence electrons. The fraction of sp³-hybridized carbons (Fsp3) is 0.267. The summed E-state index contributed by atoms with van der Waals surface area (Å²) in [6.07, 6.45) is 0. The van der Waals surface area contributed by atoms with Crippen molar-refractivity contribution in [3.05, 3.63) is 47.3 Å². The molecule has 0 spiro atoms. The van der Waals surface area contributed by atoms with Crippen LogP contribution in [0.3, 0.4) is 0 Å². The van der Waals surface area contributed by atoms with E-state index in [0.717, 1.165) is 5.56 Å². The van der Waals surface area contributed by atoms with Gasteiger partial charge >= 0.3 is 0 Å². The molecule has 2 N–H and O–H groups in total. The number of nitrogens with one attached hydrogen (secondary N) is 2. The Hall–Kier alpha value is -2.79. The van der Waals surface area contributed by atoms with E-state index in [1.807, 2.05) is 56.3 Å². The van der Waals surface area contributed by atoms with E-state index in [-0.39, 0.29) is 23.5 Å². The second-order valence-corrected chi connectivity index (χ2v) is 4.69. The normalized spacial score (nSPS) is 20.1. The highest BCUT2D eigenvalue weighted by atomic mass is 15.1. The fourth-order valence-corrected chi connectivity index (χ4v) is 1.99. The Balaban J connectivity index is 2.47. The van der Waals surface area contributed by atoms with Crippen molar-refractivity contribution in [3.8, 4) is 12.1 Å². The summed E-state index contributed by atoms with van der Waals surface area (Å²) < 4.78 is 0. The number of nitriles is 2. The van der Waals surface area contributed by atoms with E-state index in [2.05, 4.69) is 15.6 Å². The van der Waals surface area contributed by atoms with Gasteiger partial charge in [0.1, 0.15) is 29.7 Å². The number of nitrogens with zero attached hydrogens (tertiary/aromatic N) is 3. The second-order valence-electron chi connectivity index (χ2n) is 4.69. The van der Waals surface area contributed by atoms with Crippen LogP contribution < -0.4 is 10.6 Å². The van der Waals surface area contributed by atoms with E-state index < -0.39 is 0 Å². The zero-order chi connectivity index (χ0) is 14.5. The summed E-state index contributed by atoms with van der Waals surface area (Å²) in [6.45, 7) is 3.93. The Kier molecular flexibility index (Phi) is 4.02. The molecule has 1 aliphatic rings. The molecule has 1 aromatic rings. The molecule has 1 atom stereocenters. The molecular formula is C15H15N5. The van der Waals surface area contributed by atoms with E-state index in [0.29, 0.717) is 5.84 Å². The first kappa shape index (κ1) is 13.6. The van der Waals surface area contributed by atoms with Gasteiger partial charge in [-0.15, -0.1) is 0 Å². The van der Waals surface area contributed by atoms with Crippen LogP contribution in [0.25, 0.3) is 0 Å². The number of aliphatic imine (C=N–C) groups is 1. The SMILES string of the molecule is CC(C)N=C1NC(C#N)=C(C#N)NC1c1ccccc1. The highest BCUT2D eigenvalue weighted by Crippen LogP contribution is 2.20. The summed E-state index contributed by atoms with van der Waals surface area (Å²) in [6, 6.07) is 13.5. The molecule has 0 bridgehead atoms. The Bertz CT molecular complexity index is 628. The molecule has 1 unspecified atom stereocenters. The van der Waals surface area contributed by atoms with Gasteiger partial charge in [0.05, 0.1) is 0 Å². The molecule has 0 saturated heterocycles. The number of hydrogen-bond donors (Lipinski definition) is 2. The van der Waals surface area contributed by atoms with Gasteiger partial charge in [-0.2, -0.15) is 10.5 Å². The number of amidine groups is 1. The minimum atomic E-state index is -0.245. The average Bonchev–Trinajstić information content (AvgIpc) is 2.47. The molecular weight excluding hydrogens is 250 g/mol. The van der Waals surface area contributed by atoms with Crippen LogP contribution in [0.5, 0.6) is 0 Å². The van der Waals surface area contributed by atoms with E-state index >= 15 is 0 Å². The predicted octanol–water partition coefficient (Wildman–Crippen LogP) is 1.99. The summed E-state index contributed by atoms with van der Waals surface area (Å²) in [5.74, 6) is 0.654. The van der Waals surface area contributed by atoms with Gasteiger partial charge in [0, 0.05) is 6.04 Å². The highest BCUT2D eigenvalue weighted by Gasteiger charge is 2.27. The van der Waals surface area contributed by atoms with Crippen molar-refractivity contribution in [1.82, 2.24) is 10.6 Å². The molecule has 1 heterocycles. The Morgan fingerprint density at radius 1 is 1.10 bits per heavy atom. The van der Waals surface area contributed by atoms with E-state index in [1.54, 1.807) is 0 Å². The summed E-state index contributed by atoms with van der Waals surface area (Å²) in [5, 5.41) is 24.3. The third-order valence-electron chi connectivity index (χ3n) is 2.82. The van der Waals surface area contributed by atoms with Crippen molar-refractivity contribution in [2.45, 2.75) is 25.9 Å². The van der Waals surface area contributed by atoms with Gasteiger partial charge in [0.2, 0.25) is 0 Å². The summed E-state index contributed by atoms with van der Waals surface area (Å²) in [4.78, 5) is 4.51. The van der Waals surface area contributed by atoms with E-state index in [9.17, 15) is 0 Å². The lowest BCUT2D eigenvalue weighted by molar-refractivity contribution is 0.690. The van der Waals surface area contributed by atoms with Crippen LogP contribution >= 0.6 is 0 Å². The highest BCUT2D eigenvalue weighted by molar-refractivity contribution is 5.92. The lowest BCUT2D eigenvalue weighted by Gasteiger charge is -2.28. The van der Waals surface area contributed by atoms with E-state index in [4.69, 9.17) is 10.5 Å². The van der Waals surface area contributed by atoms with Crippen LogP contribution in [0.1, 0.15) is 25.5 Å². The number of rotatable bonds is 2. The van der Waals surface area contributed by atoms with Crippen LogP contribution in [-0.2, 0) is 0 Å². The van der Waals surface area contributed by atoms with Gasteiger partial charge in [-0.25, -0.2) is 0 Å². The Labute approximate surface area is 118 Å². The molecule has 5 heteroatoms. The standard InChI is InChI=1S/C15H15N5/c1-10(2)18-15-14(11-6-4-3-5-7-11)19-12(8-16)13(9-17)20-15/h3-7,10,14,19H,1-2H3,(H,18,20). The zero-order valence-corrected chi connectivity index (χ0v) is 11.4. The monoisotopic (exact) mass is 265 g/mol. The van der Waals surface area contributed by atoms with Crippen molar-refractivity contribution in [2.24, 2.45) is 4.99 Å². The molecule has 20 heavy (non-hydrogen) atoms. The van der Waals surface area contributed by atoms with Gasteiger partial charge in [-0.3, -0.25) is 4.99 Å². The maximum atomic E-state index is 9.12. The minimum absolute atomic E-state index is 0.0918. The molecule has 5 nitrogen and oxygen atoms in total. The van der Waals surface area contributed by atoms with Gasteiger partial charge < -0.3 is 10.6 Å². The van der Waals surface area contributed by atoms with E-state index in [1.165, 1.54) is 0 Å². The zero-order valence-electron chi connectivity index (χ0n) is 11.4. The van der Waals surface area contributed by atoms with Gasteiger partial charge in [0.25, 0.3) is 0 Å². The van der Waals surface area contributed by atoms with Crippen molar-refractivity contribution in [1.29, 1.82) is 10.5 Å². The lowest BCUT2D eigenvalue weighted by atomic mass is 10.0. The second kappa shape index (κ2) is 5.90. The molecule has 2 rings (SSSR count). The molecule has 0 fully saturated rings. The summed E-state index contributed by atoms with van der Waals surface area (Å²) in [5.41, 5.74) is 1.44. The lowest BCUT2D eigenvalue weighted by Crippen LogP contribution is -2.43. The number of allylic oxidation sites excluding steroid dienone is 2. The molecule has 0 aliphatic carbocycles. The average molecular weight is 265 g/mol. The van der Waals surface area contributed by atoms with Crippen molar-refractivity contribution >= 4 is 5.84 Å². The molecule has 0 amide bonds. The Morgan fingerprint density at radius 2 is 1.75 bits per heavy atom. The van der Waals surface area contributed by atoms with Gasteiger partial charge in [-0.1, -0.05) is 30.3 Å². The van der Waals surface area contributed by atoms with Gasteiger partial charge in [0.15, 0.2) is 5.70 Å². The van der Waals surface area contributed by atoms with Crippen LogP contribution in [0.4, 0.5) is 0 Å². The van der Waals surface area contributed by atoms with Crippen LogP contribution in [0.2, 0.25) is 0 Å². The maximum absolute atomic E-state index is 9.12. The van der Waals surface area contributed by atoms with Crippen molar-refractivity contribution in [3.63, 3.8) is 0 Å². The maximum Gasteiger partial charge on any atom is 0.153 e.